The highest BCUT2D eigenvalue weighted by Crippen LogP contribution is 2.18. The number of aryl methyl sites for hydroxylation is 2. The molecular formula is C17H19NO2. The van der Waals surface area contributed by atoms with Crippen molar-refractivity contribution in [2.24, 2.45) is 0 Å². The van der Waals surface area contributed by atoms with Gasteiger partial charge in [0.05, 0.1) is 5.56 Å². The Morgan fingerprint density at radius 3 is 2.45 bits per heavy atom. The van der Waals surface area contributed by atoms with Gasteiger partial charge in [-0.3, -0.25) is 0 Å². The lowest BCUT2D eigenvalue weighted by Crippen LogP contribution is -2.05. The Hall–Kier alpha value is -2.29. The third-order valence-corrected chi connectivity index (χ3v) is 3.44. The summed E-state index contributed by atoms with van der Waals surface area (Å²) in [5, 5.41) is 12.3. The summed E-state index contributed by atoms with van der Waals surface area (Å²) in [6, 6.07) is 13.5. The zero-order valence-electron chi connectivity index (χ0n) is 11.8. The van der Waals surface area contributed by atoms with E-state index >= 15 is 0 Å². The maximum absolute atomic E-state index is 10.9. The van der Waals surface area contributed by atoms with E-state index in [2.05, 4.69) is 30.4 Å². The molecule has 0 saturated heterocycles. The molecule has 0 aliphatic carbocycles. The first-order chi connectivity index (χ1) is 9.61. The highest BCUT2D eigenvalue weighted by Gasteiger charge is 2.06. The first kappa shape index (κ1) is 14.1. The van der Waals surface area contributed by atoms with E-state index in [-0.39, 0.29) is 0 Å². The summed E-state index contributed by atoms with van der Waals surface area (Å²) in [5.41, 5.74) is 4.85. The SMILES string of the molecule is CCc1ccccc1CNc1ccc(C(=O)O)cc1C. The van der Waals surface area contributed by atoms with Crippen molar-refractivity contribution in [3.63, 3.8) is 0 Å². The molecule has 2 rings (SSSR count). The van der Waals surface area contributed by atoms with Crippen LogP contribution in [0.2, 0.25) is 0 Å². The molecule has 0 unspecified atom stereocenters. The predicted octanol–water partition coefficient (Wildman–Crippen LogP) is 3.87. The fourth-order valence-electron chi connectivity index (χ4n) is 2.26. The lowest BCUT2D eigenvalue weighted by atomic mass is 10.0. The van der Waals surface area contributed by atoms with Crippen LogP contribution in [0.25, 0.3) is 0 Å². The molecule has 0 aliphatic heterocycles. The second-order valence-corrected chi connectivity index (χ2v) is 4.81. The highest BCUT2D eigenvalue weighted by atomic mass is 16.4. The first-order valence-electron chi connectivity index (χ1n) is 6.76. The van der Waals surface area contributed by atoms with E-state index in [1.165, 1.54) is 11.1 Å². The lowest BCUT2D eigenvalue weighted by Gasteiger charge is -2.12. The van der Waals surface area contributed by atoms with Gasteiger partial charge in [-0.15, -0.1) is 0 Å². The fourth-order valence-corrected chi connectivity index (χ4v) is 2.26. The number of carbonyl (C=O) groups is 1. The average molecular weight is 269 g/mol. The van der Waals surface area contributed by atoms with Crippen molar-refractivity contribution in [2.45, 2.75) is 26.8 Å². The van der Waals surface area contributed by atoms with Crippen LogP contribution in [0.5, 0.6) is 0 Å². The molecule has 20 heavy (non-hydrogen) atoms. The van der Waals surface area contributed by atoms with Crippen LogP contribution in [0, 0.1) is 6.92 Å². The average Bonchev–Trinajstić information content (AvgIpc) is 2.46. The Balaban J connectivity index is 2.13. The van der Waals surface area contributed by atoms with E-state index in [4.69, 9.17) is 5.11 Å². The number of carboxylic acid groups (broad SMARTS) is 1. The summed E-state index contributed by atoms with van der Waals surface area (Å²) in [6.07, 6.45) is 1.01. The van der Waals surface area contributed by atoms with Gasteiger partial charge in [0.2, 0.25) is 0 Å². The first-order valence-corrected chi connectivity index (χ1v) is 6.76. The van der Waals surface area contributed by atoms with Gasteiger partial charge in [0.15, 0.2) is 0 Å². The molecule has 2 aromatic rings. The van der Waals surface area contributed by atoms with Crippen molar-refractivity contribution in [3.05, 3.63) is 64.7 Å². The van der Waals surface area contributed by atoms with Crippen molar-refractivity contribution in [2.75, 3.05) is 5.32 Å². The van der Waals surface area contributed by atoms with Crippen molar-refractivity contribution >= 4 is 11.7 Å². The number of anilines is 1. The van der Waals surface area contributed by atoms with Gasteiger partial charge in [0.1, 0.15) is 0 Å². The molecule has 2 aromatic carbocycles. The number of hydrogen-bond acceptors (Lipinski definition) is 2. The smallest absolute Gasteiger partial charge is 0.335 e. The molecule has 3 heteroatoms. The Morgan fingerprint density at radius 2 is 1.85 bits per heavy atom. The molecule has 0 aromatic heterocycles. The van der Waals surface area contributed by atoms with Crippen molar-refractivity contribution < 1.29 is 9.90 Å². The molecule has 0 aliphatic rings. The zero-order valence-corrected chi connectivity index (χ0v) is 11.8. The number of benzene rings is 2. The van der Waals surface area contributed by atoms with E-state index in [0.29, 0.717) is 5.56 Å². The number of nitrogens with one attached hydrogen (secondary N) is 1. The lowest BCUT2D eigenvalue weighted by molar-refractivity contribution is 0.0697. The second kappa shape index (κ2) is 6.24. The van der Waals surface area contributed by atoms with Gasteiger partial charge in [-0.2, -0.15) is 0 Å². The van der Waals surface area contributed by atoms with Gasteiger partial charge in [-0.25, -0.2) is 4.79 Å². The van der Waals surface area contributed by atoms with Crippen molar-refractivity contribution in [1.82, 2.24) is 0 Å². The van der Waals surface area contributed by atoms with Crippen LogP contribution in [-0.4, -0.2) is 11.1 Å². The molecular weight excluding hydrogens is 250 g/mol. The van der Waals surface area contributed by atoms with Crippen LogP contribution < -0.4 is 5.32 Å². The molecule has 0 spiro atoms. The molecule has 0 heterocycles. The molecule has 2 N–H and O–H groups in total. The number of carboxylic acids is 1. The Bertz CT molecular complexity index is 620. The summed E-state index contributed by atoms with van der Waals surface area (Å²) >= 11 is 0. The van der Waals surface area contributed by atoms with Gasteiger partial charge >= 0.3 is 5.97 Å². The summed E-state index contributed by atoms with van der Waals surface area (Å²) in [6.45, 7) is 4.81. The van der Waals surface area contributed by atoms with Gasteiger partial charge in [-0.05, 0) is 48.2 Å². The predicted molar refractivity (Wildman–Crippen MR) is 81.3 cm³/mol. The van der Waals surface area contributed by atoms with Gasteiger partial charge in [-0.1, -0.05) is 31.2 Å². The molecule has 0 atom stereocenters. The van der Waals surface area contributed by atoms with Crippen molar-refractivity contribution in [3.8, 4) is 0 Å². The minimum atomic E-state index is -0.893. The van der Waals surface area contributed by atoms with Gasteiger partial charge in [0, 0.05) is 12.2 Å². The summed E-state index contributed by atoms with van der Waals surface area (Å²) < 4.78 is 0. The van der Waals surface area contributed by atoms with E-state index in [9.17, 15) is 4.79 Å². The van der Waals surface area contributed by atoms with Crippen LogP contribution in [0.3, 0.4) is 0 Å². The third kappa shape index (κ3) is 3.18. The van der Waals surface area contributed by atoms with Crippen LogP contribution in [0.4, 0.5) is 5.69 Å². The Kier molecular flexibility index (Phi) is 4.41. The van der Waals surface area contributed by atoms with Crippen LogP contribution in [-0.2, 0) is 13.0 Å². The van der Waals surface area contributed by atoms with E-state index < -0.39 is 5.97 Å². The molecule has 104 valence electrons. The van der Waals surface area contributed by atoms with Crippen molar-refractivity contribution in [1.29, 1.82) is 0 Å². The monoisotopic (exact) mass is 269 g/mol. The van der Waals surface area contributed by atoms with Gasteiger partial charge in [0.25, 0.3) is 0 Å². The standard InChI is InChI=1S/C17H19NO2/c1-3-13-6-4-5-7-15(13)11-18-16-9-8-14(17(19)20)10-12(16)2/h4-10,18H,3,11H2,1-2H3,(H,19,20). The highest BCUT2D eigenvalue weighted by molar-refractivity contribution is 5.88. The quantitative estimate of drug-likeness (QED) is 0.866. The van der Waals surface area contributed by atoms with Crippen LogP contribution >= 0.6 is 0 Å². The molecule has 3 nitrogen and oxygen atoms in total. The topological polar surface area (TPSA) is 49.3 Å². The van der Waals surface area contributed by atoms with Crippen LogP contribution in [0.1, 0.15) is 34.0 Å². The third-order valence-electron chi connectivity index (χ3n) is 3.44. The largest absolute Gasteiger partial charge is 0.478 e. The Labute approximate surface area is 119 Å². The summed E-state index contributed by atoms with van der Waals surface area (Å²) in [4.78, 5) is 10.9. The molecule has 0 fully saturated rings. The number of rotatable bonds is 5. The summed E-state index contributed by atoms with van der Waals surface area (Å²) in [7, 11) is 0. The Morgan fingerprint density at radius 1 is 1.15 bits per heavy atom. The van der Waals surface area contributed by atoms with Crippen LogP contribution in [0.15, 0.2) is 42.5 Å². The maximum atomic E-state index is 10.9. The van der Waals surface area contributed by atoms with E-state index in [1.54, 1.807) is 12.1 Å². The zero-order chi connectivity index (χ0) is 14.5. The molecule has 0 amide bonds. The second-order valence-electron chi connectivity index (χ2n) is 4.81. The summed E-state index contributed by atoms with van der Waals surface area (Å²) in [5.74, 6) is -0.893. The fraction of sp³-hybridized carbons (Fsp3) is 0.235. The molecule has 0 saturated carbocycles. The number of aromatic carboxylic acids is 1. The van der Waals surface area contributed by atoms with Gasteiger partial charge < -0.3 is 10.4 Å². The maximum Gasteiger partial charge on any atom is 0.335 e. The minimum absolute atomic E-state index is 0.321. The van der Waals surface area contributed by atoms with E-state index in [0.717, 1.165) is 24.2 Å². The minimum Gasteiger partial charge on any atom is -0.478 e. The molecule has 0 bridgehead atoms. The van der Waals surface area contributed by atoms with E-state index in [1.807, 2.05) is 19.1 Å². The molecule has 0 radical (unpaired) electrons. The number of hydrogen-bond donors (Lipinski definition) is 2. The normalized spacial score (nSPS) is 10.3.